The van der Waals surface area contributed by atoms with E-state index in [1.54, 1.807) is 11.0 Å². The van der Waals surface area contributed by atoms with Gasteiger partial charge in [-0.3, -0.25) is 9.59 Å². The van der Waals surface area contributed by atoms with Crippen LogP contribution in [0.1, 0.15) is 43.6 Å². The average molecular weight is 459 g/mol. The number of hydrogen-bond donors (Lipinski definition) is 3. The van der Waals surface area contributed by atoms with Crippen LogP contribution in [-0.2, 0) is 14.3 Å². The second-order valence-electron chi connectivity index (χ2n) is 9.16. The molecule has 0 radical (unpaired) electrons. The maximum absolute atomic E-state index is 13.1. The first-order valence-corrected chi connectivity index (χ1v) is 11.9. The molecule has 1 aromatic rings. The summed E-state index contributed by atoms with van der Waals surface area (Å²) in [5.41, 5.74) is 1.29. The van der Waals surface area contributed by atoms with E-state index in [0.717, 1.165) is 31.2 Å². The minimum Gasteiger partial charge on any atom is -0.486 e. The Kier molecular flexibility index (Phi) is 7.67. The van der Waals surface area contributed by atoms with Crippen molar-refractivity contribution in [2.45, 2.75) is 56.3 Å². The zero-order valence-electron chi connectivity index (χ0n) is 19.1. The Bertz CT molecular complexity index is 881. The summed E-state index contributed by atoms with van der Waals surface area (Å²) in [6.45, 7) is 0.366. The van der Waals surface area contributed by atoms with Crippen LogP contribution in [0.5, 0.6) is 5.75 Å². The van der Waals surface area contributed by atoms with Gasteiger partial charge in [-0.2, -0.15) is 0 Å². The van der Waals surface area contributed by atoms with E-state index in [1.807, 2.05) is 24.3 Å². The lowest BCUT2D eigenvalue weighted by Crippen LogP contribution is -2.57. The molecule has 8 nitrogen and oxygen atoms in total. The maximum Gasteiger partial charge on any atom is 0.249 e. The number of nitrogens with zero attached hydrogens (tertiary/aromatic N) is 1. The summed E-state index contributed by atoms with van der Waals surface area (Å²) in [5.74, 6) is 0.00190. The number of benzene rings is 1. The van der Waals surface area contributed by atoms with Crippen molar-refractivity contribution in [1.29, 1.82) is 0 Å². The summed E-state index contributed by atoms with van der Waals surface area (Å²) in [5, 5.41) is 23.4. The lowest BCUT2D eigenvalue weighted by Gasteiger charge is -2.42. The molecule has 8 heteroatoms. The van der Waals surface area contributed by atoms with Crippen LogP contribution >= 0.6 is 0 Å². The number of carbonyl (C=O) groups excluding carboxylic acids is 2. The van der Waals surface area contributed by atoms with Gasteiger partial charge in [0.1, 0.15) is 24.6 Å². The van der Waals surface area contributed by atoms with Gasteiger partial charge in [0.25, 0.3) is 0 Å². The Morgan fingerprint density at radius 3 is 2.70 bits per heavy atom. The Morgan fingerprint density at radius 1 is 1.21 bits per heavy atom. The number of para-hydroxylation sites is 1. The first kappa shape index (κ1) is 23.7. The van der Waals surface area contributed by atoms with Gasteiger partial charge in [-0.05, 0) is 30.9 Å². The smallest absolute Gasteiger partial charge is 0.249 e. The predicted octanol–water partition coefficient (Wildman–Crippen LogP) is 1.36. The molecule has 1 fully saturated rings. The number of aliphatic hydroxyl groups excluding tert-OH is 2. The van der Waals surface area contributed by atoms with E-state index in [9.17, 15) is 19.8 Å². The highest BCUT2D eigenvalue weighted by Gasteiger charge is 2.50. The lowest BCUT2D eigenvalue weighted by atomic mass is 9.77. The molecule has 1 saturated carbocycles. The molecule has 0 aromatic heterocycles. The van der Waals surface area contributed by atoms with E-state index in [0.29, 0.717) is 23.8 Å². The molecule has 1 aliphatic heterocycles. The van der Waals surface area contributed by atoms with Crippen molar-refractivity contribution < 1.29 is 29.3 Å². The zero-order valence-corrected chi connectivity index (χ0v) is 19.1. The third kappa shape index (κ3) is 4.93. The van der Waals surface area contributed by atoms with Gasteiger partial charge in [0.2, 0.25) is 11.8 Å². The number of fused-ring (bicyclic) bond motifs is 3. The van der Waals surface area contributed by atoms with Crippen molar-refractivity contribution in [3.05, 3.63) is 41.5 Å². The van der Waals surface area contributed by atoms with Crippen molar-refractivity contribution in [2.75, 3.05) is 33.4 Å². The first-order valence-electron chi connectivity index (χ1n) is 11.9. The van der Waals surface area contributed by atoms with E-state index >= 15 is 0 Å². The molecule has 33 heavy (non-hydrogen) atoms. The Morgan fingerprint density at radius 2 is 1.97 bits per heavy atom. The molecule has 2 amide bonds. The third-order valence-electron chi connectivity index (χ3n) is 7.00. The van der Waals surface area contributed by atoms with Gasteiger partial charge in [0.05, 0.1) is 18.6 Å². The van der Waals surface area contributed by atoms with E-state index in [4.69, 9.17) is 9.47 Å². The standard InChI is InChI=1S/C25H34N2O6/c1-32-15-21(29)27(14-16-7-3-2-4-8-16)19-13-18(25(31)26-11-12-28)22-17-9-5-6-10-20(17)33-24(22)23(19)30/h5-6,9-10,13,16,19,22-24,28,30H,2-4,7-8,11-12,14-15H2,1H3,(H,26,31). The fraction of sp³-hybridized carbons (Fsp3) is 0.600. The summed E-state index contributed by atoms with van der Waals surface area (Å²) < 4.78 is 11.3. The van der Waals surface area contributed by atoms with Crippen molar-refractivity contribution in [3.8, 4) is 5.75 Å². The predicted molar refractivity (Wildman–Crippen MR) is 122 cm³/mol. The van der Waals surface area contributed by atoms with Crippen LogP contribution in [0.15, 0.2) is 35.9 Å². The van der Waals surface area contributed by atoms with Gasteiger partial charge in [-0.15, -0.1) is 0 Å². The fourth-order valence-corrected chi connectivity index (χ4v) is 5.44. The third-order valence-corrected chi connectivity index (χ3v) is 7.00. The summed E-state index contributed by atoms with van der Waals surface area (Å²) in [7, 11) is 1.48. The summed E-state index contributed by atoms with van der Waals surface area (Å²) >= 11 is 0. The highest BCUT2D eigenvalue weighted by molar-refractivity contribution is 5.96. The number of carbonyl (C=O) groups is 2. The van der Waals surface area contributed by atoms with Crippen molar-refractivity contribution in [2.24, 2.45) is 5.92 Å². The molecule has 0 saturated heterocycles. The van der Waals surface area contributed by atoms with Gasteiger partial charge >= 0.3 is 0 Å². The average Bonchev–Trinajstić information content (AvgIpc) is 3.23. The lowest BCUT2D eigenvalue weighted by molar-refractivity contribution is -0.142. The van der Waals surface area contributed by atoms with Gasteiger partial charge in [-0.25, -0.2) is 0 Å². The highest BCUT2D eigenvalue weighted by Crippen LogP contribution is 2.47. The topological polar surface area (TPSA) is 108 Å². The molecule has 1 aromatic carbocycles. The fourth-order valence-electron chi connectivity index (χ4n) is 5.44. The number of rotatable bonds is 8. The number of amides is 2. The molecule has 2 aliphatic carbocycles. The van der Waals surface area contributed by atoms with Crippen LogP contribution in [0, 0.1) is 5.92 Å². The molecule has 4 atom stereocenters. The molecule has 0 spiro atoms. The van der Waals surface area contributed by atoms with Crippen LogP contribution in [-0.4, -0.2) is 78.6 Å². The number of hydrogen-bond acceptors (Lipinski definition) is 6. The van der Waals surface area contributed by atoms with Gasteiger partial charge in [0.15, 0.2) is 0 Å². The monoisotopic (exact) mass is 458 g/mol. The minimum absolute atomic E-state index is 0.0923. The molecule has 4 rings (SSSR count). The molecule has 180 valence electrons. The molecule has 1 heterocycles. The van der Waals surface area contributed by atoms with Gasteiger partial charge in [0, 0.05) is 31.3 Å². The zero-order chi connectivity index (χ0) is 23.4. The molecule has 3 aliphatic rings. The summed E-state index contributed by atoms with van der Waals surface area (Å²) in [6.07, 6.45) is 5.61. The van der Waals surface area contributed by atoms with Crippen LogP contribution in [0.3, 0.4) is 0 Å². The molecule has 3 N–H and O–H groups in total. The van der Waals surface area contributed by atoms with E-state index in [2.05, 4.69) is 5.32 Å². The Balaban J connectivity index is 1.70. The van der Waals surface area contributed by atoms with E-state index in [-0.39, 0.29) is 31.6 Å². The number of nitrogens with one attached hydrogen (secondary N) is 1. The molecular formula is C25H34N2O6. The van der Waals surface area contributed by atoms with Crippen molar-refractivity contribution in [1.82, 2.24) is 10.2 Å². The second-order valence-corrected chi connectivity index (χ2v) is 9.16. The highest BCUT2D eigenvalue weighted by atomic mass is 16.5. The van der Waals surface area contributed by atoms with Crippen molar-refractivity contribution >= 4 is 11.8 Å². The summed E-state index contributed by atoms with van der Waals surface area (Å²) in [4.78, 5) is 27.9. The minimum atomic E-state index is -0.999. The van der Waals surface area contributed by atoms with Gasteiger partial charge < -0.3 is 29.9 Å². The van der Waals surface area contributed by atoms with Crippen molar-refractivity contribution in [3.63, 3.8) is 0 Å². The number of aliphatic hydroxyl groups is 2. The van der Waals surface area contributed by atoms with Crippen LogP contribution in [0.25, 0.3) is 0 Å². The normalized spacial score (nSPS) is 26.6. The first-order chi connectivity index (χ1) is 16.0. The van der Waals surface area contributed by atoms with E-state index < -0.39 is 24.2 Å². The SMILES string of the molecule is COCC(=O)N(CC1CCCCC1)C1C=C(C(=O)NCCO)C2c3ccccc3OC2C1O. The molecule has 0 bridgehead atoms. The Hall–Kier alpha value is -2.42. The quantitative estimate of drug-likeness (QED) is 0.543. The van der Waals surface area contributed by atoms with Gasteiger partial charge in [-0.1, -0.05) is 37.5 Å². The van der Waals surface area contributed by atoms with E-state index in [1.165, 1.54) is 13.5 Å². The number of methoxy groups -OCH3 is 1. The molecular weight excluding hydrogens is 424 g/mol. The number of ether oxygens (including phenoxy) is 2. The Labute approximate surface area is 194 Å². The van der Waals surface area contributed by atoms with Crippen LogP contribution in [0.4, 0.5) is 0 Å². The maximum atomic E-state index is 13.1. The summed E-state index contributed by atoms with van der Waals surface area (Å²) in [6, 6.07) is 6.75. The molecule has 4 unspecified atom stereocenters. The second kappa shape index (κ2) is 10.7. The van der Waals surface area contributed by atoms with Crippen LogP contribution < -0.4 is 10.1 Å². The largest absolute Gasteiger partial charge is 0.486 e. The van der Waals surface area contributed by atoms with Crippen LogP contribution in [0.2, 0.25) is 0 Å².